The maximum Gasteiger partial charge on any atom is 0.213 e. The van der Waals surface area contributed by atoms with E-state index in [1.54, 1.807) is 19.2 Å². The van der Waals surface area contributed by atoms with Crippen molar-refractivity contribution in [3.05, 3.63) is 22.8 Å². The highest BCUT2D eigenvalue weighted by Crippen LogP contribution is 2.17. The van der Waals surface area contributed by atoms with E-state index in [-0.39, 0.29) is 0 Å². The summed E-state index contributed by atoms with van der Waals surface area (Å²) < 4.78 is 15.8. The minimum Gasteiger partial charge on any atom is -0.478 e. The van der Waals surface area contributed by atoms with Crippen LogP contribution in [-0.2, 0) is 16.0 Å². The number of ether oxygens (including phenoxy) is 3. The number of nitrogens with zero attached hydrogens (tertiary/aromatic N) is 1. The van der Waals surface area contributed by atoms with Crippen LogP contribution in [0.15, 0.2) is 12.1 Å². The SMILES string of the molecule is CNCc1nc(OCCCOCCOC)ccc1Cl. The molecule has 0 unspecified atom stereocenters. The molecule has 0 saturated heterocycles. The highest BCUT2D eigenvalue weighted by molar-refractivity contribution is 6.31. The molecule has 0 spiro atoms. The van der Waals surface area contributed by atoms with Crippen molar-refractivity contribution >= 4 is 11.6 Å². The molecule has 1 N–H and O–H groups in total. The van der Waals surface area contributed by atoms with Gasteiger partial charge < -0.3 is 19.5 Å². The average molecular weight is 289 g/mol. The van der Waals surface area contributed by atoms with Gasteiger partial charge in [-0.15, -0.1) is 0 Å². The molecule has 19 heavy (non-hydrogen) atoms. The van der Waals surface area contributed by atoms with Crippen molar-refractivity contribution in [3.8, 4) is 5.88 Å². The zero-order valence-corrected chi connectivity index (χ0v) is 12.2. The van der Waals surface area contributed by atoms with Crippen molar-refractivity contribution in [2.24, 2.45) is 0 Å². The monoisotopic (exact) mass is 288 g/mol. The third kappa shape index (κ3) is 6.73. The van der Waals surface area contributed by atoms with Gasteiger partial charge in [0.15, 0.2) is 0 Å². The van der Waals surface area contributed by atoms with Crippen molar-refractivity contribution in [1.82, 2.24) is 10.3 Å². The zero-order chi connectivity index (χ0) is 13.9. The average Bonchev–Trinajstić information content (AvgIpc) is 2.41. The van der Waals surface area contributed by atoms with Gasteiger partial charge in [0.05, 0.1) is 30.5 Å². The molecule has 1 heterocycles. The fourth-order valence-electron chi connectivity index (χ4n) is 1.42. The number of hydrogen-bond acceptors (Lipinski definition) is 5. The maximum atomic E-state index is 6.02. The molecule has 0 bridgehead atoms. The molecule has 0 aliphatic heterocycles. The van der Waals surface area contributed by atoms with Crippen molar-refractivity contribution in [3.63, 3.8) is 0 Å². The second-order valence-corrected chi connectivity index (χ2v) is 4.32. The van der Waals surface area contributed by atoms with Crippen molar-refractivity contribution < 1.29 is 14.2 Å². The van der Waals surface area contributed by atoms with Gasteiger partial charge in [-0.05, 0) is 13.1 Å². The van der Waals surface area contributed by atoms with Gasteiger partial charge in [-0.1, -0.05) is 11.6 Å². The highest BCUT2D eigenvalue weighted by atomic mass is 35.5. The number of nitrogens with one attached hydrogen (secondary N) is 1. The summed E-state index contributed by atoms with van der Waals surface area (Å²) in [5, 5.41) is 3.66. The molecule has 108 valence electrons. The van der Waals surface area contributed by atoms with Gasteiger partial charge in [-0.25, -0.2) is 4.98 Å². The molecule has 0 fully saturated rings. The molecule has 1 rings (SSSR count). The molecule has 0 aromatic carbocycles. The van der Waals surface area contributed by atoms with Gasteiger partial charge in [0.25, 0.3) is 0 Å². The van der Waals surface area contributed by atoms with Crippen LogP contribution in [0.1, 0.15) is 12.1 Å². The van der Waals surface area contributed by atoms with Gasteiger partial charge in [-0.2, -0.15) is 0 Å². The molecular formula is C13H21ClN2O3. The van der Waals surface area contributed by atoms with Gasteiger partial charge >= 0.3 is 0 Å². The van der Waals surface area contributed by atoms with Gasteiger partial charge in [0.2, 0.25) is 5.88 Å². The number of halogens is 1. The van der Waals surface area contributed by atoms with Crippen LogP contribution in [0.3, 0.4) is 0 Å². The van der Waals surface area contributed by atoms with Gasteiger partial charge in [-0.3, -0.25) is 0 Å². The molecule has 0 amide bonds. The first-order chi connectivity index (χ1) is 9.27. The van der Waals surface area contributed by atoms with Gasteiger partial charge in [0, 0.05) is 32.7 Å². The fourth-order valence-corrected chi connectivity index (χ4v) is 1.59. The van der Waals surface area contributed by atoms with Crippen molar-refractivity contribution in [1.29, 1.82) is 0 Å². The summed E-state index contributed by atoms with van der Waals surface area (Å²) in [5.74, 6) is 0.589. The summed E-state index contributed by atoms with van der Waals surface area (Å²) in [6.45, 7) is 3.08. The normalized spacial score (nSPS) is 10.7. The highest BCUT2D eigenvalue weighted by Gasteiger charge is 2.03. The lowest BCUT2D eigenvalue weighted by Crippen LogP contribution is -2.10. The van der Waals surface area contributed by atoms with Crippen LogP contribution in [0.2, 0.25) is 5.02 Å². The Hall–Kier alpha value is -0.880. The summed E-state index contributed by atoms with van der Waals surface area (Å²) in [6, 6.07) is 3.57. The lowest BCUT2D eigenvalue weighted by Gasteiger charge is -2.08. The Bertz CT molecular complexity index is 364. The summed E-state index contributed by atoms with van der Waals surface area (Å²) in [7, 11) is 3.50. The van der Waals surface area contributed by atoms with E-state index in [1.807, 2.05) is 7.05 Å². The molecular weight excluding hydrogens is 268 g/mol. The van der Waals surface area contributed by atoms with Crippen LogP contribution in [-0.4, -0.2) is 45.6 Å². The lowest BCUT2D eigenvalue weighted by atomic mass is 10.3. The molecule has 1 aromatic heterocycles. The number of rotatable bonds is 10. The van der Waals surface area contributed by atoms with Crippen LogP contribution in [0.4, 0.5) is 0 Å². The summed E-state index contributed by atoms with van der Waals surface area (Å²) in [4.78, 5) is 4.33. The molecule has 0 aliphatic carbocycles. The summed E-state index contributed by atoms with van der Waals surface area (Å²) in [5.41, 5.74) is 0.790. The first-order valence-electron chi connectivity index (χ1n) is 6.27. The van der Waals surface area contributed by atoms with E-state index in [9.17, 15) is 0 Å². The minimum atomic E-state index is 0.570. The Morgan fingerprint density at radius 3 is 2.79 bits per heavy atom. The Kier molecular flexibility index (Phi) is 8.49. The number of methoxy groups -OCH3 is 1. The Morgan fingerprint density at radius 1 is 1.21 bits per heavy atom. The third-order valence-electron chi connectivity index (χ3n) is 2.35. The largest absolute Gasteiger partial charge is 0.478 e. The van der Waals surface area contributed by atoms with E-state index in [0.717, 1.165) is 12.1 Å². The molecule has 0 radical (unpaired) electrons. The first-order valence-corrected chi connectivity index (χ1v) is 6.65. The Morgan fingerprint density at radius 2 is 2.05 bits per heavy atom. The minimum absolute atomic E-state index is 0.570. The standard InChI is InChI=1S/C13H21ClN2O3/c1-15-10-12-11(14)4-5-13(16-12)19-7-3-6-18-9-8-17-2/h4-5,15H,3,6-10H2,1-2H3. The van der Waals surface area contributed by atoms with Crippen LogP contribution >= 0.6 is 11.6 Å². The smallest absolute Gasteiger partial charge is 0.213 e. The quantitative estimate of drug-likeness (QED) is 0.666. The van der Waals surface area contributed by atoms with Crippen LogP contribution in [0.5, 0.6) is 5.88 Å². The van der Waals surface area contributed by atoms with Crippen LogP contribution in [0.25, 0.3) is 0 Å². The number of hydrogen-bond donors (Lipinski definition) is 1. The molecule has 5 nitrogen and oxygen atoms in total. The molecule has 6 heteroatoms. The summed E-state index contributed by atoms with van der Waals surface area (Å²) in [6.07, 6.45) is 0.815. The Balaban J connectivity index is 2.23. The molecule has 0 aliphatic rings. The number of aromatic nitrogens is 1. The fraction of sp³-hybridized carbons (Fsp3) is 0.615. The second-order valence-electron chi connectivity index (χ2n) is 3.92. The van der Waals surface area contributed by atoms with E-state index >= 15 is 0 Å². The first kappa shape index (κ1) is 16.2. The Labute approximate surface area is 119 Å². The zero-order valence-electron chi connectivity index (χ0n) is 11.4. The maximum absolute atomic E-state index is 6.02. The predicted octanol–water partition coefficient (Wildman–Crippen LogP) is 1.89. The molecule has 1 aromatic rings. The predicted molar refractivity (Wildman–Crippen MR) is 74.8 cm³/mol. The topological polar surface area (TPSA) is 52.6 Å². The lowest BCUT2D eigenvalue weighted by molar-refractivity contribution is 0.0642. The van der Waals surface area contributed by atoms with E-state index in [2.05, 4.69) is 10.3 Å². The van der Waals surface area contributed by atoms with Gasteiger partial charge in [0.1, 0.15) is 0 Å². The molecule has 0 saturated carbocycles. The number of pyridine rings is 1. The molecule has 0 atom stereocenters. The van der Waals surface area contributed by atoms with Crippen LogP contribution < -0.4 is 10.1 Å². The summed E-state index contributed by atoms with van der Waals surface area (Å²) >= 11 is 6.02. The van der Waals surface area contributed by atoms with E-state index in [4.69, 9.17) is 25.8 Å². The van der Waals surface area contributed by atoms with Crippen molar-refractivity contribution in [2.45, 2.75) is 13.0 Å². The third-order valence-corrected chi connectivity index (χ3v) is 2.70. The second kappa shape index (κ2) is 9.97. The van der Waals surface area contributed by atoms with E-state index in [1.165, 1.54) is 0 Å². The van der Waals surface area contributed by atoms with E-state index < -0.39 is 0 Å². The van der Waals surface area contributed by atoms with E-state index in [0.29, 0.717) is 43.9 Å². The van der Waals surface area contributed by atoms with Crippen LogP contribution in [0, 0.1) is 0 Å². The van der Waals surface area contributed by atoms with Crippen molar-refractivity contribution in [2.75, 3.05) is 40.6 Å².